The molecule has 0 aliphatic carbocycles. The molecular weight excluding hydrogens is 357 g/mol. The third kappa shape index (κ3) is 4.35. The van der Waals surface area contributed by atoms with Gasteiger partial charge in [-0.2, -0.15) is 0 Å². The number of hydrogen-bond donors (Lipinski definition) is 0. The summed E-state index contributed by atoms with van der Waals surface area (Å²) in [5.74, 6) is 0. The van der Waals surface area contributed by atoms with Crippen LogP contribution in [0.1, 0.15) is 19.3 Å². The van der Waals surface area contributed by atoms with Gasteiger partial charge >= 0.3 is 0 Å². The second-order valence-corrected chi connectivity index (χ2v) is 13.2. The third-order valence-corrected chi connectivity index (χ3v) is 7.14. The topological polar surface area (TPSA) is 0 Å². The van der Waals surface area contributed by atoms with Crippen LogP contribution in [-0.4, -0.2) is 19.0 Å². The predicted octanol–water partition coefficient (Wildman–Crippen LogP) is 0.172. The van der Waals surface area contributed by atoms with Crippen molar-refractivity contribution < 1.29 is 24.0 Å². The van der Waals surface area contributed by atoms with Crippen LogP contribution in [0.5, 0.6) is 0 Å². The quantitative estimate of drug-likeness (QED) is 0.422. The molecule has 1 aliphatic heterocycles. The van der Waals surface area contributed by atoms with Crippen LogP contribution in [0.2, 0.25) is 0 Å². The second kappa shape index (κ2) is 4.70. The van der Waals surface area contributed by atoms with Gasteiger partial charge in [-0.15, -0.1) is 0 Å². The molecule has 0 saturated carbocycles. The van der Waals surface area contributed by atoms with Crippen molar-refractivity contribution in [1.82, 2.24) is 0 Å². The summed E-state index contributed by atoms with van der Waals surface area (Å²) in [4.78, 5) is -0.367. The predicted molar refractivity (Wildman–Crippen MR) is 50.4 cm³/mol. The summed E-state index contributed by atoms with van der Waals surface area (Å²) in [5, 5.41) is 0. The van der Waals surface area contributed by atoms with Crippen molar-refractivity contribution in [1.29, 1.82) is 0 Å². The van der Waals surface area contributed by atoms with Crippen LogP contribution in [0.15, 0.2) is 0 Å². The maximum atomic E-state index is 2.70. The van der Waals surface area contributed by atoms with Crippen molar-refractivity contribution in [2.45, 2.75) is 19.3 Å². The van der Waals surface area contributed by atoms with Gasteiger partial charge < -0.3 is 24.0 Å². The molecular formula is C6H13I2P. The Morgan fingerprint density at radius 2 is 1.56 bits per heavy atom. The fourth-order valence-electron chi connectivity index (χ4n) is 1.17. The van der Waals surface area contributed by atoms with Crippen molar-refractivity contribution in [3.8, 4) is 0 Å². The summed E-state index contributed by atoms with van der Waals surface area (Å²) in [6.45, 7) is 2.48. The highest BCUT2D eigenvalue weighted by Gasteiger charge is 2.29. The van der Waals surface area contributed by atoms with E-state index in [0.29, 0.717) is 0 Å². The molecule has 1 aliphatic rings. The number of hydrogen-bond acceptors (Lipinski definition) is 0. The highest BCUT2D eigenvalue weighted by atomic mass is 127. The highest BCUT2D eigenvalue weighted by Crippen LogP contribution is 2.66. The number of rotatable bonds is 0. The zero-order valence-electron chi connectivity index (χ0n) is 5.74. The van der Waals surface area contributed by atoms with Crippen molar-refractivity contribution >= 4 is 26.9 Å². The minimum Gasteiger partial charge on any atom is -1.00 e. The van der Waals surface area contributed by atoms with Gasteiger partial charge in [0.15, 0.2) is 22.0 Å². The first-order valence-corrected chi connectivity index (χ1v) is 8.64. The summed E-state index contributed by atoms with van der Waals surface area (Å²) >= 11 is 2.70. The Morgan fingerprint density at radius 1 is 1.11 bits per heavy atom. The molecule has 1 rings (SSSR count). The van der Waals surface area contributed by atoms with E-state index in [0.717, 1.165) is 0 Å². The standard InChI is InChI=1S/C6H13IP.HI/c1-8(7)5-3-2-4-6-8;/h2-6H2,1H3;1H/q+1;/p-1. The summed E-state index contributed by atoms with van der Waals surface area (Å²) in [5.41, 5.74) is 0. The van der Waals surface area contributed by atoms with Gasteiger partial charge in [-0.25, -0.2) is 0 Å². The lowest BCUT2D eigenvalue weighted by molar-refractivity contribution is -0.00000164. The summed E-state index contributed by atoms with van der Waals surface area (Å²) in [6.07, 6.45) is 7.61. The number of halogens is 2. The first kappa shape index (κ1) is 10.9. The Labute approximate surface area is 88.4 Å². The van der Waals surface area contributed by atoms with Crippen molar-refractivity contribution in [2.24, 2.45) is 0 Å². The van der Waals surface area contributed by atoms with E-state index < -0.39 is 0 Å². The van der Waals surface area contributed by atoms with Gasteiger partial charge in [-0.05, 0) is 19.3 Å². The molecule has 0 bridgehead atoms. The van der Waals surface area contributed by atoms with Crippen LogP contribution in [-0.2, 0) is 0 Å². The van der Waals surface area contributed by atoms with E-state index in [-0.39, 0.29) is 28.9 Å². The first-order valence-electron chi connectivity index (χ1n) is 3.25. The fraction of sp³-hybridized carbons (Fsp3) is 1.00. The Balaban J connectivity index is 0.000000640. The van der Waals surface area contributed by atoms with Gasteiger partial charge in [0.1, 0.15) is 0 Å². The molecule has 0 atom stereocenters. The summed E-state index contributed by atoms with van der Waals surface area (Å²) < 4.78 is 0. The molecule has 0 radical (unpaired) electrons. The molecule has 0 aromatic heterocycles. The second-order valence-electron chi connectivity index (χ2n) is 2.77. The normalized spacial score (nSPS) is 24.7. The molecule has 0 spiro atoms. The molecule has 0 aromatic carbocycles. The fourth-order valence-corrected chi connectivity index (χ4v) is 5.21. The molecule has 3 heteroatoms. The SMILES string of the molecule is C[P+]1(I)CCCCC1.[I-]. The molecule has 0 unspecified atom stereocenters. The lowest BCUT2D eigenvalue weighted by Gasteiger charge is -2.19. The van der Waals surface area contributed by atoms with Crippen LogP contribution in [0.25, 0.3) is 0 Å². The molecule has 0 nitrogen and oxygen atoms in total. The van der Waals surface area contributed by atoms with Crippen LogP contribution in [0.3, 0.4) is 0 Å². The monoisotopic (exact) mass is 370 g/mol. The Bertz CT molecular complexity index is 75.1. The van der Waals surface area contributed by atoms with E-state index in [1.165, 1.54) is 19.3 Å². The molecule has 9 heavy (non-hydrogen) atoms. The molecule has 1 fully saturated rings. The van der Waals surface area contributed by atoms with Crippen LogP contribution in [0.4, 0.5) is 0 Å². The van der Waals surface area contributed by atoms with Crippen molar-refractivity contribution in [3.05, 3.63) is 0 Å². The smallest absolute Gasteiger partial charge is 0.154 e. The van der Waals surface area contributed by atoms with Crippen molar-refractivity contribution in [3.63, 3.8) is 0 Å². The van der Waals surface area contributed by atoms with E-state index in [9.17, 15) is 0 Å². The summed E-state index contributed by atoms with van der Waals surface area (Å²) in [6, 6.07) is 0. The lowest BCUT2D eigenvalue weighted by Crippen LogP contribution is -3.00. The lowest BCUT2D eigenvalue weighted by atomic mass is 10.3. The van der Waals surface area contributed by atoms with Gasteiger partial charge in [0, 0.05) is 0 Å². The zero-order valence-corrected chi connectivity index (χ0v) is 10.9. The highest BCUT2D eigenvalue weighted by molar-refractivity contribution is 14.2. The van der Waals surface area contributed by atoms with Crippen molar-refractivity contribution in [2.75, 3.05) is 19.0 Å². The van der Waals surface area contributed by atoms with Crippen LogP contribution in [0, 0.1) is 0 Å². The molecule has 0 aromatic rings. The van der Waals surface area contributed by atoms with E-state index in [1.807, 2.05) is 0 Å². The zero-order chi connectivity index (χ0) is 6.04. The molecule has 1 saturated heterocycles. The van der Waals surface area contributed by atoms with Gasteiger partial charge in [-0.1, -0.05) is 0 Å². The molecule has 56 valence electrons. The minimum absolute atomic E-state index is 0. The van der Waals surface area contributed by atoms with Gasteiger partial charge in [0.2, 0.25) is 0 Å². The average molecular weight is 370 g/mol. The Kier molecular flexibility index (Phi) is 5.69. The van der Waals surface area contributed by atoms with E-state index in [1.54, 1.807) is 12.3 Å². The first-order chi connectivity index (χ1) is 3.71. The largest absolute Gasteiger partial charge is 1.00 e. The van der Waals surface area contributed by atoms with Crippen LogP contribution < -0.4 is 24.0 Å². The Hall–Kier alpha value is 1.89. The van der Waals surface area contributed by atoms with Gasteiger partial charge in [0.05, 0.1) is 23.9 Å². The average Bonchev–Trinajstić information content (AvgIpc) is 1.65. The summed E-state index contributed by atoms with van der Waals surface area (Å²) in [7, 11) is 0. The molecule has 0 amide bonds. The maximum Gasteiger partial charge on any atom is 0.154 e. The molecule has 1 heterocycles. The van der Waals surface area contributed by atoms with Gasteiger partial charge in [0.25, 0.3) is 0 Å². The van der Waals surface area contributed by atoms with E-state index in [4.69, 9.17) is 0 Å². The van der Waals surface area contributed by atoms with Crippen LogP contribution >= 0.6 is 26.9 Å². The molecule has 0 N–H and O–H groups in total. The third-order valence-electron chi connectivity index (χ3n) is 1.75. The Morgan fingerprint density at radius 3 is 1.78 bits per heavy atom. The van der Waals surface area contributed by atoms with Gasteiger partial charge in [-0.3, -0.25) is 0 Å². The maximum absolute atomic E-state index is 2.70. The van der Waals surface area contributed by atoms with E-state index in [2.05, 4.69) is 28.7 Å². The van der Waals surface area contributed by atoms with E-state index >= 15 is 0 Å². The minimum atomic E-state index is -0.367.